The van der Waals surface area contributed by atoms with Crippen LogP contribution in [0.15, 0.2) is 18.2 Å². The van der Waals surface area contributed by atoms with Crippen LogP contribution in [-0.2, 0) is 4.79 Å². The molecule has 0 amide bonds. The van der Waals surface area contributed by atoms with E-state index in [-0.39, 0.29) is 0 Å². The van der Waals surface area contributed by atoms with Crippen molar-refractivity contribution < 1.29 is 14.6 Å². The molecule has 4 nitrogen and oxygen atoms in total. The Bertz CT molecular complexity index is 497. The fourth-order valence-electron chi connectivity index (χ4n) is 1.80. The summed E-state index contributed by atoms with van der Waals surface area (Å²) < 4.78 is 5.27. The predicted molar refractivity (Wildman–Crippen MR) is 71.2 cm³/mol. The summed E-state index contributed by atoms with van der Waals surface area (Å²) in [5.41, 5.74) is 8.34. The van der Waals surface area contributed by atoms with Crippen LogP contribution in [0.2, 0.25) is 5.02 Å². The molecule has 5 heteroatoms. The van der Waals surface area contributed by atoms with Gasteiger partial charge in [-0.1, -0.05) is 17.7 Å². The second kappa shape index (κ2) is 5.89. The first-order valence-corrected chi connectivity index (χ1v) is 5.76. The van der Waals surface area contributed by atoms with Gasteiger partial charge in [-0.2, -0.15) is 0 Å². The van der Waals surface area contributed by atoms with Crippen molar-refractivity contribution in [2.45, 2.75) is 19.9 Å². The van der Waals surface area contributed by atoms with Crippen molar-refractivity contribution in [3.05, 3.63) is 39.9 Å². The molecule has 0 heterocycles. The van der Waals surface area contributed by atoms with Gasteiger partial charge < -0.3 is 15.6 Å². The molecule has 3 N–H and O–H groups in total. The number of rotatable bonds is 4. The van der Waals surface area contributed by atoms with E-state index in [0.717, 1.165) is 17.2 Å². The average molecular weight is 270 g/mol. The van der Waals surface area contributed by atoms with E-state index in [0.29, 0.717) is 16.3 Å². The number of methoxy groups -OCH3 is 1. The van der Waals surface area contributed by atoms with E-state index in [1.165, 1.54) is 6.08 Å². The number of aliphatic carboxylic acids is 1. The highest BCUT2D eigenvalue weighted by Gasteiger charge is 2.17. The summed E-state index contributed by atoms with van der Waals surface area (Å²) in [6.07, 6.45) is 2.41. The second-order valence-corrected chi connectivity index (χ2v) is 4.35. The van der Waals surface area contributed by atoms with Gasteiger partial charge in [-0.05, 0) is 31.0 Å². The second-order valence-electron chi connectivity index (χ2n) is 3.97. The van der Waals surface area contributed by atoms with Crippen LogP contribution in [-0.4, -0.2) is 18.2 Å². The number of ether oxygens (including phenoxy) is 1. The molecule has 0 aromatic heterocycles. The molecule has 1 atom stereocenters. The Labute approximate surface area is 111 Å². The summed E-state index contributed by atoms with van der Waals surface area (Å²) in [6, 6.07) is 1.22. The number of carbonyl (C=O) groups is 1. The van der Waals surface area contributed by atoms with Crippen molar-refractivity contribution in [3.63, 3.8) is 0 Å². The van der Waals surface area contributed by atoms with Gasteiger partial charge in [-0.25, -0.2) is 4.79 Å². The molecule has 98 valence electrons. The fraction of sp³-hybridized carbons (Fsp3) is 0.308. The van der Waals surface area contributed by atoms with Crippen LogP contribution in [0.5, 0.6) is 5.75 Å². The summed E-state index contributed by atoms with van der Waals surface area (Å²) in [7, 11) is 1.54. The number of hydrogen-bond donors (Lipinski definition) is 2. The molecular weight excluding hydrogens is 254 g/mol. The third-order valence-corrected chi connectivity index (χ3v) is 3.27. The SMILES string of the molecule is COc1cc(C)c(Cl)c(C)c1C(N)/C=C/C(=O)O. The summed E-state index contributed by atoms with van der Waals surface area (Å²) in [4.78, 5) is 10.5. The van der Waals surface area contributed by atoms with E-state index >= 15 is 0 Å². The van der Waals surface area contributed by atoms with Gasteiger partial charge in [0.25, 0.3) is 0 Å². The Morgan fingerprint density at radius 2 is 2.17 bits per heavy atom. The van der Waals surface area contributed by atoms with Crippen LogP contribution >= 0.6 is 11.6 Å². The van der Waals surface area contributed by atoms with Gasteiger partial charge in [0.2, 0.25) is 0 Å². The van der Waals surface area contributed by atoms with E-state index in [1.54, 1.807) is 13.2 Å². The van der Waals surface area contributed by atoms with Crippen LogP contribution < -0.4 is 10.5 Å². The zero-order valence-corrected chi connectivity index (χ0v) is 11.3. The fourth-order valence-corrected chi connectivity index (χ4v) is 1.96. The highest BCUT2D eigenvalue weighted by atomic mass is 35.5. The lowest BCUT2D eigenvalue weighted by Gasteiger charge is -2.18. The predicted octanol–water partition coefficient (Wildman–Crippen LogP) is 2.61. The lowest BCUT2D eigenvalue weighted by molar-refractivity contribution is -0.131. The van der Waals surface area contributed by atoms with E-state index < -0.39 is 12.0 Å². The smallest absolute Gasteiger partial charge is 0.328 e. The molecule has 1 rings (SSSR count). The Hall–Kier alpha value is -1.52. The summed E-state index contributed by atoms with van der Waals surface area (Å²) in [5, 5.41) is 9.22. The minimum Gasteiger partial charge on any atom is -0.496 e. The summed E-state index contributed by atoms with van der Waals surface area (Å²) >= 11 is 6.17. The van der Waals surface area contributed by atoms with E-state index in [4.69, 9.17) is 27.2 Å². The number of carboxylic acid groups (broad SMARTS) is 1. The van der Waals surface area contributed by atoms with Crippen LogP contribution in [0.25, 0.3) is 0 Å². The number of carboxylic acids is 1. The quantitative estimate of drug-likeness (QED) is 0.824. The maximum Gasteiger partial charge on any atom is 0.328 e. The molecule has 0 aliphatic heterocycles. The van der Waals surface area contributed by atoms with Crippen molar-refractivity contribution in [2.24, 2.45) is 5.73 Å². The van der Waals surface area contributed by atoms with Gasteiger partial charge in [-0.3, -0.25) is 0 Å². The summed E-state index contributed by atoms with van der Waals surface area (Å²) in [5.74, 6) is -0.433. The molecule has 0 saturated heterocycles. The normalized spacial score (nSPS) is 12.7. The van der Waals surface area contributed by atoms with Gasteiger partial charge in [0.05, 0.1) is 13.2 Å². The number of benzene rings is 1. The maximum atomic E-state index is 10.5. The van der Waals surface area contributed by atoms with Gasteiger partial charge in [-0.15, -0.1) is 0 Å². The topological polar surface area (TPSA) is 72.5 Å². The van der Waals surface area contributed by atoms with Crippen LogP contribution in [0, 0.1) is 13.8 Å². The minimum atomic E-state index is -1.04. The first-order valence-electron chi connectivity index (χ1n) is 5.38. The monoisotopic (exact) mass is 269 g/mol. The first-order chi connectivity index (χ1) is 8.38. The molecule has 1 aromatic carbocycles. The van der Waals surface area contributed by atoms with E-state index in [1.807, 2.05) is 13.8 Å². The van der Waals surface area contributed by atoms with Crippen molar-refractivity contribution in [3.8, 4) is 5.75 Å². The van der Waals surface area contributed by atoms with Gasteiger partial charge >= 0.3 is 5.97 Å². The van der Waals surface area contributed by atoms with E-state index in [2.05, 4.69) is 0 Å². The third-order valence-electron chi connectivity index (χ3n) is 2.69. The zero-order valence-electron chi connectivity index (χ0n) is 10.5. The zero-order chi connectivity index (χ0) is 13.9. The third kappa shape index (κ3) is 3.03. The number of aryl methyl sites for hydroxylation is 1. The Balaban J connectivity index is 3.30. The molecule has 0 bridgehead atoms. The molecule has 0 aliphatic rings. The lowest BCUT2D eigenvalue weighted by Crippen LogP contribution is -2.12. The van der Waals surface area contributed by atoms with Crippen molar-refractivity contribution >= 4 is 17.6 Å². The standard InChI is InChI=1S/C13H16ClNO3/c1-7-6-10(18-3)12(8(2)13(7)14)9(15)4-5-11(16)17/h4-6,9H,15H2,1-3H3,(H,16,17)/b5-4+. The van der Waals surface area contributed by atoms with Crippen molar-refractivity contribution in [2.75, 3.05) is 7.11 Å². The molecule has 1 unspecified atom stereocenters. The van der Waals surface area contributed by atoms with E-state index in [9.17, 15) is 4.79 Å². The Kier molecular flexibility index (Phi) is 4.76. The first kappa shape index (κ1) is 14.5. The summed E-state index contributed by atoms with van der Waals surface area (Å²) in [6.45, 7) is 3.71. The van der Waals surface area contributed by atoms with Crippen LogP contribution in [0.4, 0.5) is 0 Å². The largest absolute Gasteiger partial charge is 0.496 e. The molecule has 1 aromatic rings. The van der Waals surface area contributed by atoms with Gasteiger partial charge in [0.1, 0.15) is 5.75 Å². The number of hydrogen-bond acceptors (Lipinski definition) is 3. The highest BCUT2D eigenvalue weighted by molar-refractivity contribution is 6.32. The molecule has 0 radical (unpaired) electrons. The molecule has 0 aliphatic carbocycles. The van der Waals surface area contributed by atoms with Crippen molar-refractivity contribution in [1.82, 2.24) is 0 Å². The molecular formula is C13H16ClNO3. The average Bonchev–Trinajstić information content (AvgIpc) is 2.32. The van der Waals surface area contributed by atoms with Gasteiger partial charge in [0, 0.05) is 16.7 Å². The highest BCUT2D eigenvalue weighted by Crippen LogP contribution is 2.35. The molecule has 0 fully saturated rings. The van der Waals surface area contributed by atoms with Crippen LogP contribution in [0.1, 0.15) is 22.7 Å². The lowest BCUT2D eigenvalue weighted by atomic mass is 9.97. The van der Waals surface area contributed by atoms with Gasteiger partial charge in [0.15, 0.2) is 0 Å². The molecule has 0 spiro atoms. The Morgan fingerprint density at radius 3 is 2.67 bits per heavy atom. The van der Waals surface area contributed by atoms with Crippen LogP contribution in [0.3, 0.4) is 0 Å². The molecule has 18 heavy (non-hydrogen) atoms. The maximum absolute atomic E-state index is 10.5. The number of nitrogens with two attached hydrogens (primary N) is 1. The number of halogens is 1. The minimum absolute atomic E-state index is 0.575. The molecule has 0 saturated carbocycles. The van der Waals surface area contributed by atoms with Crippen molar-refractivity contribution in [1.29, 1.82) is 0 Å². The Morgan fingerprint density at radius 1 is 1.56 bits per heavy atom.